The largest absolute Gasteiger partial charge is 0.497 e. The van der Waals surface area contributed by atoms with Crippen LogP contribution in [0.2, 0.25) is 0 Å². The molecule has 1 aromatic heterocycles. The number of aromatic nitrogens is 1. The van der Waals surface area contributed by atoms with Crippen LogP contribution in [0.4, 0.5) is 0 Å². The Bertz CT molecular complexity index is 910. The van der Waals surface area contributed by atoms with Gasteiger partial charge in [-0.15, -0.1) is 0 Å². The molecule has 0 aliphatic heterocycles. The Kier molecular flexibility index (Phi) is 5.64. The number of nitrogens with zero attached hydrogens (tertiary/aromatic N) is 1. The minimum atomic E-state index is -0.440. The van der Waals surface area contributed by atoms with Gasteiger partial charge in [-0.3, -0.25) is 25.4 Å². The number of pyridine rings is 1. The molecule has 0 unspecified atom stereocenters. The molecule has 0 saturated heterocycles. The third-order valence-electron chi connectivity index (χ3n) is 3.63. The number of hydrogen-bond donors (Lipinski definition) is 2. The number of benzene rings is 2. The molecule has 2 aromatic carbocycles. The summed E-state index contributed by atoms with van der Waals surface area (Å²) in [6.07, 6.45) is 3.25. The van der Waals surface area contributed by atoms with Crippen molar-refractivity contribution in [3.8, 4) is 17.2 Å². The predicted octanol–water partition coefficient (Wildman–Crippen LogP) is 2.96. The highest BCUT2D eigenvalue weighted by molar-refractivity contribution is 5.99. The summed E-state index contributed by atoms with van der Waals surface area (Å²) in [7, 11) is 1.54. The van der Waals surface area contributed by atoms with Gasteiger partial charge in [-0.2, -0.15) is 0 Å². The molecule has 2 N–H and O–H groups in total. The Morgan fingerprint density at radius 2 is 1.33 bits per heavy atom. The topological polar surface area (TPSA) is 89.6 Å². The normalized spacial score (nSPS) is 9.96. The Hall–Kier alpha value is -3.87. The van der Waals surface area contributed by atoms with Gasteiger partial charge in [0.25, 0.3) is 11.8 Å². The van der Waals surface area contributed by atoms with E-state index in [1.165, 1.54) is 0 Å². The first-order valence-corrected chi connectivity index (χ1v) is 8.08. The standard InChI is InChI=1S/C20H17N3O4/c1-26-16-8-4-14(5-9-16)19(24)22-23-20(25)15-6-10-17(11-7-15)27-18-3-2-12-21-13-18/h2-13H,1H3,(H,22,24)(H,23,25). The molecule has 0 atom stereocenters. The molecule has 0 fully saturated rings. The molecule has 0 aliphatic carbocycles. The van der Waals surface area contributed by atoms with Crippen molar-refractivity contribution in [3.63, 3.8) is 0 Å². The van der Waals surface area contributed by atoms with Crippen molar-refractivity contribution in [1.29, 1.82) is 0 Å². The molecule has 0 radical (unpaired) electrons. The maximum atomic E-state index is 12.2. The van der Waals surface area contributed by atoms with Gasteiger partial charge in [0.15, 0.2) is 0 Å². The lowest BCUT2D eigenvalue weighted by Gasteiger charge is -2.09. The van der Waals surface area contributed by atoms with Crippen molar-refractivity contribution in [2.75, 3.05) is 7.11 Å². The summed E-state index contributed by atoms with van der Waals surface area (Å²) >= 11 is 0. The maximum absolute atomic E-state index is 12.2. The van der Waals surface area contributed by atoms with Gasteiger partial charge in [-0.1, -0.05) is 0 Å². The Balaban J connectivity index is 1.55. The van der Waals surface area contributed by atoms with E-state index in [4.69, 9.17) is 9.47 Å². The molecule has 0 bridgehead atoms. The Morgan fingerprint density at radius 3 is 1.81 bits per heavy atom. The van der Waals surface area contributed by atoms with Crippen LogP contribution in [0.15, 0.2) is 73.1 Å². The van der Waals surface area contributed by atoms with Gasteiger partial charge in [-0.25, -0.2) is 0 Å². The van der Waals surface area contributed by atoms with Crippen molar-refractivity contribution in [2.24, 2.45) is 0 Å². The van der Waals surface area contributed by atoms with Crippen molar-refractivity contribution in [1.82, 2.24) is 15.8 Å². The number of hydrazine groups is 1. The maximum Gasteiger partial charge on any atom is 0.269 e. The zero-order valence-electron chi connectivity index (χ0n) is 14.5. The third-order valence-corrected chi connectivity index (χ3v) is 3.63. The number of methoxy groups -OCH3 is 1. The minimum absolute atomic E-state index is 0.378. The highest BCUT2D eigenvalue weighted by Crippen LogP contribution is 2.20. The van der Waals surface area contributed by atoms with Crippen LogP contribution in [0.5, 0.6) is 17.2 Å². The van der Waals surface area contributed by atoms with Crippen molar-refractivity contribution < 1.29 is 19.1 Å². The van der Waals surface area contributed by atoms with Crippen molar-refractivity contribution >= 4 is 11.8 Å². The fraction of sp³-hybridized carbons (Fsp3) is 0.0500. The number of carbonyl (C=O) groups is 2. The third kappa shape index (κ3) is 4.82. The average Bonchev–Trinajstić information content (AvgIpc) is 2.73. The second-order valence-electron chi connectivity index (χ2n) is 5.45. The smallest absolute Gasteiger partial charge is 0.269 e. The minimum Gasteiger partial charge on any atom is -0.497 e. The number of rotatable bonds is 5. The van der Waals surface area contributed by atoms with Crippen molar-refractivity contribution in [3.05, 3.63) is 84.2 Å². The molecule has 3 aromatic rings. The summed E-state index contributed by atoms with van der Waals surface area (Å²) in [4.78, 5) is 28.2. The van der Waals surface area contributed by atoms with E-state index >= 15 is 0 Å². The highest BCUT2D eigenvalue weighted by atomic mass is 16.5. The molecule has 0 aliphatic rings. The van der Waals surface area contributed by atoms with Crippen LogP contribution in [-0.4, -0.2) is 23.9 Å². The van der Waals surface area contributed by atoms with Gasteiger partial charge in [0.05, 0.1) is 13.3 Å². The quantitative estimate of drug-likeness (QED) is 0.680. The predicted molar refractivity (Wildman–Crippen MR) is 98.7 cm³/mol. The number of hydrogen-bond acceptors (Lipinski definition) is 5. The number of carbonyl (C=O) groups excluding carboxylic acids is 2. The van der Waals surface area contributed by atoms with E-state index in [9.17, 15) is 9.59 Å². The van der Waals surface area contributed by atoms with E-state index in [-0.39, 0.29) is 0 Å². The molecule has 7 nitrogen and oxygen atoms in total. The number of ether oxygens (including phenoxy) is 2. The van der Waals surface area contributed by atoms with E-state index in [2.05, 4.69) is 15.8 Å². The second-order valence-corrected chi connectivity index (χ2v) is 5.45. The van der Waals surface area contributed by atoms with E-state index in [1.54, 1.807) is 80.2 Å². The molecule has 1 heterocycles. The highest BCUT2D eigenvalue weighted by Gasteiger charge is 2.09. The van der Waals surface area contributed by atoms with Crippen LogP contribution < -0.4 is 20.3 Å². The van der Waals surface area contributed by atoms with Gasteiger partial charge in [0, 0.05) is 17.3 Å². The fourth-order valence-electron chi connectivity index (χ4n) is 2.22. The summed E-state index contributed by atoms with van der Waals surface area (Å²) in [5, 5.41) is 0. The molecule has 0 spiro atoms. The molecule has 27 heavy (non-hydrogen) atoms. The lowest BCUT2D eigenvalue weighted by molar-refractivity contribution is 0.0846. The van der Waals surface area contributed by atoms with E-state index in [0.29, 0.717) is 28.4 Å². The van der Waals surface area contributed by atoms with Gasteiger partial charge >= 0.3 is 0 Å². The van der Waals surface area contributed by atoms with Crippen LogP contribution in [0.25, 0.3) is 0 Å². The molecule has 2 amide bonds. The van der Waals surface area contributed by atoms with E-state index < -0.39 is 11.8 Å². The molecular formula is C20H17N3O4. The van der Waals surface area contributed by atoms with Crippen LogP contribution in [-0.2, 0) is 0 Å². The molecular weight excluding hydrogens is 346 g/mol. The number of nitrogens with one attached hydrogen (secondary N) is 2. The van der Waals surface area contributed by atoms with Crippen molar-refractivity contribution in [2.45, 2.75) is 0 Å². The number of amides is 2. The van der Waals surface area contributed by atoms with Gasteiger partial charge in [0.1, 0.15) is 17.2 Å². The summed E-state index contributed by atoms with van der Waals surface area (Å²) in [5.74, 6) is 0.944. The summed E-state index contributed by atoms with van der Waals surface area (Å²) in [6, 6.07) is 16.6. The lowest BCUT2D eigenvalue weighted by atomic mass is 10.2. The first-order chi connectivity index (χ1) is 13.2. The molecule has 3 rings (SSSR count). The monoisotopic (exact) mass is 363 g/mol. The Labute approximate surface area is 155 Å². The zero-order chi connectivity index (χ0) is 19.1. The molecule has 7 heteroatoms. The zero-order valence-corrected chi connectivity index (χ0v) is 14.5. The van der Waals surface area contributed by atoms with E-state index in [1.807, 2.05) is 0 Å². The summed E-state index contributed by atoms with van der Waals surface area (Å²) in [6.45, 7) is 0. The van der Waals surface area contributed by atoms with Gasteiger partial charge in [-0.05, 0) is 60.7 Å². The lowest BCUT2D eigenvalue weighted by Crippen LogP contribution is -2.41. The van der Waals surface area contributed by atoms with Crippen LogP contribution in [0.3, 0.4) is 0 Å². The van der Waals surface area contributed by atoms with Crippen LogP contribution in [0, 0.1) is 0 Å². The molecule has 136 valence electrons. The van der Waals surface area contributed by atoms with Crippen LogP contribution in [0.1, 0.15) is 20.7 Å². The fourth-order valence-corrected chi connectivity index (χ4v) is 2.22. The van der Waals surface area contributed by atoms with E-state index in [0.717, 1.165) is 0 Å². The SMILES string of the molecule is COc1ccc(C(=O)NNC(=O)c2ccc(Oc3cccnc3)cc2)cc1. The first kappa shape index (κ1) is 17.9. The second kappa shape index (κ2) is 8.48. The first-order valence-electron chi connectivity index (χ1n) is 8.08. The summed E-state index contributed by atoms with van der Waals surface area (Å²) in [5.41, 5.74) is 5.52. The Morgan fingerprint density at radius 1 is 0.778 bits per heavy atom. The van der Waals surface area contributed by atoms with Gasteiger partial charge < -0.3 is 9.47 Å². The molecule has 0 saturated carbocycles. The average molecular weight is 363 g/mol. The van der Waals surface area contributed by atoms with Crippen LogP contribution >= 0.6 is 0 Å². The summed E-state index contributed by atoms with van der Waals surface area (Å²) < 4.78 is 10.7. The van der Waals surface area contributed by atoms with Gasteiger partial charge in [0.2, 0.25) is 0 Å².